The Labute approximate surface area is 216 Å². The molecular formula is C27H34N2O8. The van der Waals surface area contributed by atoms with Crippen LogP contribution in [0.3, 0.4) is 0 Å². The molecule has 4 rings (SSSR count). The fourth-order valence-corrected chi connectivity index (χ4v) is 4.03. The van der Waals surface area contributed by atoms with Gasteiger partial charge in [-0.25, -0.2) is 9.59 Å². The molecule has 10 heteroatoms. The second-order valence-electron chi connectivity index (χ2n) is 9.83. The number of benzene rings is 2. The Morgan fingerprint density at radius 3 is 2.32 bits per heavy atom. The molecule has 0 saturated heterocycles. The molecule has 2 amide bonds. The van der Waals surface area contributed by atoms with E-state index in [1.54, 1.807) is 63.2 Å². The van der Waals surface area contributed by atoms with Crippen molar-refractivity contribution in [3.05, 3.63) is 53.6 Å². The Kier molecular flexibility index (Phi) is 8.32. The van der Waals surface area contributed by atoms with Gasteiger partial charge in [0, 0.05) is 20.5 Å². The van der Waals surface area contributed by atoms with E-state index in [9.17, 15) is 19.5 Å². The molecule has 0 saturated carbocycles. The molecule has 3 atom stereocenters. The van der Waals surface area contributed by atoms with Gasteiger partial charge in [0.2, 0.25) is 5.91 Å². The van der Waals surface area contributed by atoms with Gasteiger partial charge < -0.3 is 29.0 Å². The molecule has 2 aromatic rings. The summed E-state index contributed by atoms with van der Waals surface area (Å²) < 4.78 is 21.9. The highest BCUT2D eigenvalue weighted by Crippen LogP contribution is 2.35. The normalized spacial score (nSPS) is 19.9. The first-order valence-corrected chi connectivity index (χ1v) is 11.8. The zero-order chi connectivity index (χ0) is 27.5. The molecular weight excluding hydrogens is 480 g/mol. The molecule has 0 aliphatic carbocycles. The SMILES string of the molecule is COC(=O)[C@@H]1Cc2ccc(OC)c(c2)Oc2ccc(cc2)[C@H](O)[C@H](N(C)C(=O)OC(C)(C)C)C(=O)N1C. The maximum absolute atomic E-state index is 13.9. The van der Waals surface area contributed by atoms with E-state index in [2.05, 4.69) is 0 Å². The number of fused-ring (bicyclic) bond motifs is 7. The lowest BCUT2D eigenvalue weighted by atomic mass is 9.97. The zero-order valence-corrected chi connectivity index (χ0v) is 22.2. The fourth-order valence-electron chi connectivity index (χ4n) is 4.03. The number of esters is 1. The largest absolute Gasteiger partial charge is 0.493 e. The van der Waals surface area contributed by atoms with Gasteiger partial charge in [-0.2, -0.15) is 0 Å². The Morgan fingerprint density at radius 2 is 1.76 bits per heavy atom. The fraction of sp³-hybridized carbons (Fsp3) is 0.444. The molecule has 1 N–H and O–H groups in total. The van der Waals surface area contributed by atoms with Crippen LogP contribution in [0.4, 0.5) is 4.79 Å². The third-order valence-electron chi connectivity index (χ3n) is 6.05. The summed E-state index contributed by atoms with van der Waals surface area (Å²) in [4.78, 5) is 41.8. The quantitative estimate of drug-likeness (QED) is 0.621. The summed E-state index contributed by atoms with van der Waals surface area (Å²) in [7, 11) is 5.55. The first-order chi connectivity index (χ1) is 17.4. The van der Waals surface area contributed by atoms with Crippen molar-refractivity contribution in [1.29, 1.82) is 0 Å². The van der Waals surface area contributed by atoms with Crippen LogP contribution in [0.1, 0.15) is 38.0 Å². The highest BCUT2D eigenvalue weighted by Gasteiger charge is 2.41. The maximum Gasteiger partial charge on any atom is 0.410 e. The van der Waals surface area contributed by atoms with Crippen LogP contribution in [-0.4, -0.2) is 78.9 Å². The van der Waals surface area contributed by atoms with Crippen molar-refractivity contribution in [1.82, 2.24) is 9.80 Å². The molecule has 0 unspecified atom stereocenters. The van der Waals surface area contributed by atoms with Crippen molar-refractivity contribution >= 4 is 18.0 Å². The molecule has 2 aliphatic heterocycles. The second kappa shape index (κ2) is 11.1. The monoisotopic (exact) mass is 514 g/mol. The van der Waals surface area contributed by atoms with Gasteiger partial charge in [0.1, 0.15) is 29.5 Å². The second-order valence-corrected chi connectivity index (χ2v) is 9.83. The first-order valence-electron chi connectivity index (χ1n) is 11.8. The van der Waals surface area contributed by atoms with E-state index < -0.39 is 41.8 Å². The molecule has 200 valence electrons. The predicted molar refractivity (Wildman–Crippen MR) is 135 cm³/mol. The molecule has 0 fully saturated rings. The lowest BCUT2D eigenvalue weighted by Gasteiger charge is -2.37. The van der Waals surface area contributed by atoms with Crippen molar-refractivity contribution in [3.63, 3.8) is 0 Å². The smallest absolute Gasteiger partial charge is 0.410 e. The number of carbonyl (C=O) groups is 3. The number of aliphatic hydroxyl groups excluding tert-OH is 1. The van der Waals surface area contributed by atoms with Crippen LogP contribution in [0, 0.1) is 0 Å². The molecule has 0 radical (unpaired) electrons. The number of amides is 2. The number of nitrogens with zero attached hydrogens (tertiary/aromatic N) is 2. The van der Waals surface area contributed by atoms with Crippen molar-refractivity contribution in [2.24, 2.45) is 0 Å². The summed E-state index contributed by atoms with van der Waals surface area (Å²) >= 11 is 0. The molecule has 10 nitrogen and oxygen atoms in total. The molecule has 2 heterocycles. The van der Waals surface area contributed by atoms with Gasteiger partial charge in [0.15, 0.2) is 11.5 Å². The van der Waals surface area contributed by atoms with Crippen molar-refractivity contribution < 1.29 is 38.4 Å². The van der Waals surface area contributed by atoms with Crippen LogP contribution in [-0.2, 0) is 25.5 Å². The minimum atomic E-state index is -1.44. The topological polar surface area (TPSA) is 115 Å². The van der Waals surface area contributed by atoms with E-state index in [0.29, 0.717) is 28.4 Å². The van der Waals surface area contributed by atoms with Crippen LogP contribution in [0.2, 0.25) is 0 Å². The van der Waals surface area contributed by atoms with Crippen LogP contribution < -0.4 is 9.47 Å². The summed E-state index contributed by atoms with van der Waals surface area (Å²) in [5, 5.41) is 11.3. The third kappa shape index (κ3) is 6.32. The number of methoxy groups -OCH3 is 2. The van der Waals surface area contributed by atoms with Crippen LogP contribution in [0.15, 0.2) is 42.5 Å². The molecule has 2 aromatic carbocycles. The Hall–Kier alpha value is -3.79. The van der Waals surface area contributed by atoms with Crippen molar-refractivity contribution in [2.75, 3.05) is 28.3 Å². The van der Waals surface area contributed by atoms with Crippen LogP contribution in [0.5, 0.6) is 17.2 Å². The van der Waals surface area contributed by atoms with Gasteiger partial charge in [0.05, 0.1) is 14.2 Å². The number of rotatable bonds is 3. The van der Waals surface area contributed by atoms with E-state index in [-0.39, 0.29) is 6.42 Å². The zero-order valence-electron chi connectivity index (χ0n) is 22.2. The number of hydrogen-bond acceptors (Lipinski definition) is 8. The molecule has 4 bridgehead atoms. The summed E-state index contributed by atoms with van der Waals surface area (Å²) in [5.41, 5.74) is 0.214. The summed E-state index contributed by atoms with van der Waals surface area (Å²) in [6, 6.07) is 9.24. The van der Waals surface area contributed by atoms with E-state index in [0.717, 1.165) is 4.90 Å². The van der Waals surface area contributed by atoms with Gasteiger partial charge in [0.25, 0.3) is 0 Å². The molecule has 0 aromatic heterocycles. The number of carbonyl (C=O) groups excluding carboxylic acids is 3. The lowest BCUT2D eigenvalue weighted by molar-refractivity contribution is -0.155. The Morgan fingerprint density at radius 1 is 1.11 bits per heavy atom. The minimum Gasteiger partial charge on any atom is -0.493 e. The lowest BCUT2D eigenvalue weighted by Crippen LogP contribution is -2.56. The van der Waals surface area contributed by atoms with Gasteiger partial charge in [-0.05, 0) is 56.2 Å². The van der Waals surface area contributed by atoms with E-state index >= 15 is 0 Å². The van der Waals surface area contributed by atoms with Gasteiger partial charge in [-0.3, -0.25) is 9.69 Å². The van der Waals surface area contributed by atoms with Crippen molar-refractivity contribution in [2.45, 2.75) is 51.0 Å². The molecule has 37 heavy (non-hydrogen) atoms. The predicted octanol–water partition coefficient (Wildman–Crippen LogP) is 3.31. The van der Waals surface area contributed by atoms with E-state index in [1.807, 2.05) is 0 Å². The number of hydrogen-bond donors (Lipinski definition) is 1. The highest BCUT2D eigenvalue weighted by molar-refractivity contribution is 5.90. The average molecular weight is 515 g/mol. The van der Waals surface area contributed by atoms with Crippen LogP contribution in [0.25, 0.3) is 0 Å². The number of ether oxygens (including phenoxy) is 4. The van der Waals surface area contributed by atoms with Gasteiger partial charge in [-0.1, -0.05) is 18.2 Å². The number of aliphatic hydroxyl groups is 1. The standard InChI is InChI=1S/C27H34N2O8/c1-27(2,3)37-26(33)29(5)22-23(30)17-9-11-18(12-10-17)36-21-15-16(8-13-20(21)34-6)14-19(25(32)35-7)28(4)24(22)31/h8-13,15,19,22-23,30H,14H2,1-7H3/t19-,22-,23-/m0/s1. The van der Waals surface area contributed by atoms with Crippen molar-refractivity contribution in [3.8, 4) is 17.2 Å². The molecule has 0 spiro atoms. The highest BCUT2D eigenvalue weighted by atomic mass is 16.6. The van der Waals surface area contributed by atoms with E-state index in [4.69, 9.17) is 18.9 Å². The van der Waals surface area contributed by atoms with Crippen LogP contribution >= 0.6 is 0 Å². The van der Waals surface area contributed by atoms with Gasteiger partial charge >= 0.3 is 12.1 Å². The number of likely N-dealkylation sites (N-methyl/N-ethyl adjacent to an activating group) is 2. The summed E-state index contributed by atoms with van der Waals surface area (Å²) in [6.45, 7) is 5.10. The third-order valence-corrected chi connectivity index (χ3v) is 6.05. The average Bonchev–Trinajstić information content (AvgIpc) is 2.85. The Bertz CT molecular complexity index is 1140. The Balaban J connectivity index is 2.14. The first kappa shape index (κ1) is 27.8. The minimum absolute atomic E-state index is 0.0891. The van der Waals surface area contributed by atoms with Gasteiger partial charge in [-0.15, -0.1) is 0 Å². The summed E-state index contributed by atoms with van der Waals surface area (Å²) in [5.74, 6) is 0.0529. The maximum atomic E-state index is 13.9. The summed E-state index contributed by atoms with van der Waals surface area (Å²) in [6.07, 6.45) is -2.14. The molecule has 2 aliphatic rings. The van der Waals surface area contributed by atoms with E-state index in [1.165, 1.54) is 33.2 Å².